The Morgan fingerprint density at radius 3 is 2.55 bits per heavy atom. The van der Waals surface area contributed by atoms with Gasteiger partial charge >= 0.3 is 5.97 Å². The van der Waals surface area contributed by atoms with E-state index in [1.165, 1.54) is 36.3 Å². The molecular weight excluding hydrogens is 396 g/mol. The van der Waals surface area contributed by atoms with Gasteiger partial charge in [0.15, 0.2) is 0 Å². The third-order valence-electron chi connectivity index (χ3n) is 4.60. The van der Waals surface area contributed by atoms with Gasteiger partial charge in [-0.2, -0.15) is 0 Å². The van der Waals surface area contributed by atoms with Crippen LogP contribution in [-0.2, 0) is 14.3 Å². The molecule has 0 spiro atoms. The summed E-state index contributed by atoms with van der Waals surface area (Å²) in [5.74, 6) is -1.12. The average molecular weight is 413 g/mol. The smallest absolute Gasteiger partial charge is 0.340 e. The molecule has 0 saturated heterocycles. The summed E-state index contributed by atoms with van der Waals surface area (Å²) < 4.78 is 4.86. The lowest BCUT2D eigenvalue weighted by atomic mass is 10.0. The van der Waals surface area contributed by atoms with E-state index in [4.69, 9.17) is 16.3 Å². The zero-order chi connectivity index (χ0) is 21.3. The Hall–Kier alpha value is -3.45. The first-order valence-electron chi connectivity index (χ1n) is 8.61. The standard InChI is InChI=1S/C21H17ClN2O5/c1-12-7-8-15(11-18(12)22)23-13(2)19(21(26)29-3)17(20(23)25)10-14-5-4-6-16(9-14)24(27)28/h4-11H,1-3H3/b17-10-. The third kappa shape index (κ3) is 3.77. The van der Waals surface area contributed by atoms with Gasteiger partial charge in [-0.15, -0.1) is 0 Å². The van der Waals surface area contributed by atoms with Gasteiger partial charge in [0.25, 0.3) is 11.6 Å². The van der Waals surface area contributed by atoms with E-state index < -0.39 is 16.8 Å². The number of nitrogens with zero attached hydrogens (tertiary/aromatic N) is 2. The van der Waals surface area contributed by atoms with Gasteiger partial charge < -0.3 is 4.74 Å². The number of rotatable bonds is 4. The molecule has 1 aliphatic heterocycles. The molecule has 2 aromatic carbocycles. The minimum absolute atomic E-state index is 0.0894. The van der Waals surface area contributed by atoms with Crippen LogP contribution in [0.15, 0.2) is 59.3 Å². The third-order valence-corrected chi connectivity index (χ3v) is 5.00. The number of anilines is 1. The minimum Gasteiger partial charge on any atom is -0.465 e. The van der Waals surface area contributed by atoms with Crippen molar-refractivity contribution in [2.24, 2.45) is 0 Å². The van der Waals surface area contributed by atoms with Crippen molar-refractivity contribution in [1.82, 2.24) is 0 Å². The largest absolute Gasteiger partial charge is 0.465 e. The van der Waals surface area contributed by atoms with Gasteiger partial charge in [0.2, 0.25) is 0 Å². The molecule has 0 atom stereocenters. The van der Waals surface area contributed by atoms with Gasteiger partial charge in [0, 0.05) is 22.9 Å². The fraction of sp³-hybridized carbons (Fsp3) is 0.143. The summed E-state index contributed by atoms with van der Waals surface area (Å²) in [6.07, 6.45) is 1.45. The van der Waals surface area contributed by atoms with Gasteiger partial charge in [-0.1, -0.05) is 29.8 Å². The van der Waals surface area contributed by atoms with Gasteiger partial charge in [-0.25, -0.2) is 4.79 Å². The number of carbonyl (C=O) groups excluding carboxylic acids is 2. The predicted octanol–water partition coefficient (Wildman–Crippen LogP) is 4.43. The number of methoxy groups -OCH3 is 1. The molecule has 0 aliphatic carbocycles. The number of hydrogen-bond acceptors (Lipinski definition) is 5. The Morgan fingerprint density at radius 1 is 1.21 bits per heavy atom. The highest BCUT2D eigenvalue weighted by atomic mass is 35.5. The van der Waals surface area contributed by atoms with Crippen LogP contribution in [0.3, 0.4) is 0 Å². The molecular formula is C21H17ClN2O5. The number of non-ortho nitro benzene ring substituents is 1. The maximum Gasteiger partial charge on any atom is 0.340 e. The molecule has 0 radical (unpaired) electrons. The lowest BCUT2D eigenvalue weighted by molar-refractivity contribution is -0.384. The molecule has 1 amide bonds. The summed E-state index contributed by atoms with van der Waals surface area (Å²) in [5.41, 5.74) is 2.23. The lowest BCUT2D eigenvalue weighted by Gasteiger charge is -2.18. The number of aryl methyl sites for hydroxylation is 1. The fourth-order valence-corrected chi connectivity index (χ4v) is 3.28. The summed E-state index contributed by atoms with van der Waals surface area (Å²) in [6, 6.07) is 11.0. The Labute approximate surface area is 172 Å². The zero-order valence-electron chi connectivity index (χ0n) is 15.9. The Bertz CT molecular complexity index is 1100. The van der Waals surface area contributed by atoms with E-state index in [-0.39, 0.29) is 16.8 Å². The highest BCUT2D eigenvalue weighted by Gasteiger charge is 2.38. The molecule has 0 fully saturated rings. The molecule has 0 bridgehead atoms. The number of allylic oxidation sites excluding steroid dienone is 1. The molecule has 29 heavy (non-hydrogen) atoms. The van der Waals surface area contributed by atoms with Crippen molar-refractivity contribution in [1.29, 1.82) is 0 Å². The zero-order valence-corrected chi connectivity index (χ0v) is 16.7. The second kappa shape index (κ2) is 7.89. The number of nitro groups is 1. The van der Waals surface area contributed by atoms with Gasteiger partial charge in [0.1, 0.15) is 0 Å². The normalized spacial score (nSPS) is 15.2. The Morgan fingerprint density at radius 2 is 1.93 bits per heavy atom. The minimum atomic E-state index is -0.673. The molecule has 2 aromatic rings. The van der Waals surface area contributed by atoms with Crippen LogP contribution in [0.1, 0.15) is 18.1 Å². The molecule has 0 aromatic heterocycles. The van der Waals surface area contributed by atoms with Crippen LogP contribution in [0.5, 0.6) is 0 Å². The van der Waals surface area contributed by atoms with Crippen molar-refractivity contribution in [2.75, 3.05) is 12.0 Å². The number of amides is 1. The summed E-state index contributed by atoms with van der Waals surface area (Å²) in [4.78, 5) is 37.5. The molecule has 148 valence electrons. The summed E-state index contributed by atoms with van der Waals surface area (Å²) >= 11 is 6.20. The highest BCUT2D eigenvalue weighted by molar-refractivity contribution is 6.32. The van der Waals surface area contributed by atoms with Gasteiger partial charge in [-0.05, 0) is 43.2 Å². The molecule has 0 saturated carbocycles. The average Bonchev–Trinajstić information content (AvgIpc) is 2.93. The molecule has 1 heterocycles. The summed E-state index contributed by atoms with van der Waals surface area (Å²) in [6.45, 7) is 3.47. The van der Waals surface area contributed by atoms with E-state index in [2.05, 4.69) is 0 Å². The maximum atomic E-state index is 13.2. The van der Waals surface area contributed by atoms with Crippen LogP contribution in [-0.4, -0.2) is 23.9 Å². The van der Waals surface area contributed by atoms with Gasteiger partial charge in [0.05, 0.1) is 28.9 Å². The summed E-state index contributed by atoms with van der Waals surface area (Å²) in [7, 11) is 1.23. The van der Waals surface area contributed by atoms with Crippen LogP contribution < -0.4 is 4.90 Å². The Balaban J connectivity index is 2.15. The van der Waals surface area contributed by atoms with E-state index in [0.717, 1.165) is 5.56 Å². The number of hydrogen-bond donors (Lipinski definition) is 0. The molecule has 3 rings (SSSR count). The molecule has 7 nitrogen and oxygen atoms in total. The fourth-order valence-electron chi connectivity index (χ4n) is 3.11. The Kier molecular flexibility index (Phi) is 5.52. The van der Waals surface area contributed by atoms with E-state index in [1.807, 2.05) is 6.92 Å². The lowest BCUT2D eigenvalue weighted by Crippen LogP contribution is -2.24. The second-order valence-corrected chi connectivity index (χ2v) is 6.84. The van der Waals surface area contributed by atoms with Crippen molar-refractivity contribution in [3.05, 3.63) is 85.6 Å². The monoisotopic (exact) mass is 412 g/mol. The van der Waals surface area contributed by atoms with Crippen molar-refractivity contribution in [3.63, 3.8) is 0 Å². The first-order valence-corrected chi connectivity index (χ1v) is 8.98. The number of halogens is 1. The topological polar surface area (TPSA) is 89.8 Å². The maximum absolute atomic E-state index is 13.2. The van der Waals surface area contributed by atoms with Crippen LogP contribution in [0.25, 0.3) is 6.08 Å². The number of ether oxygens (including phenoxy) is 1. The van der Waals surface area contributed by atoms with Crippen LogP contribution in [0, 0.1) is 17.0 Å². The number of benzene rings is 2. The highest BCUT2D eigenvalue weighted by Crippen LogP contribution is 2.37. The van der Waals surface area contributed by atoms with E-state index in [9.17, 15) is 19.7 Å². The van der Waals surface area contributed by atoms with Crippen molar-refractivity contribution in [2.45, 2.75) is 13.8 Å². The first-order chi connectivity index (χ1) is 13.7. The van der Waals surface area contributed by atoms with E-state index in [0.29, 0.717) is 22.0 Å². The van der Waals surface area contributed by atoms with Crippen LogP contribution in [0.2, 0.25) is 5.02 Å². The van der Waals surface area contributed by atoms with Gasteiger partial charge in [-0.3, -0.25) is 19.8 Å². The van der Waals surface area contributed by atoms with Crippen molar-refractivity contribution >= 4 is 40.9 Å². The van der Waals surface area contributed by atoms with Crippen molar-refractivity contribution < 1.29 is 19.2 Å². The molecule has 1 aliphatic rings. The van der Waals surface area contributed by atoms with E-state index in [1.54, 1.807) is 31.2 Å². The number of esters is 1. The number of nitro benzene ring substituents is 1. The molecule has 0 N–H and O–H groups in total. The van der Waals surface area contributed by atoms with Crippen LogP contribution in [0.4, 0.5) is 11.4 Å². The SMILES string of the molecule is COC(=O)C1=C(C)N(c2ccc(C)c(Cl)c2)C(=O)/C1=C\c1cccc([N+](=O)[O-])c1. The van der Waals surface area contributed by atoms with Crippen LogP contribution >= 0.6 is 11.6 Å². The number of carbonyl (C=O) groups is 2. The molecule has 8 heteroatoms. The second-order valence-electron chi connectivity index (χ2n) is 6.44. The van der Waals surface area contributed by atoms with E-state index >= 15 is 0 Å². The first kappa shape index (κ1) is 20.3. The predicted molar refractivity (Wildman–Crippen MR) is 109 cm³/mol. The molecule has 0 unspecified atom stereocenters. The van der Waals surface area contributed by atoms with Crippen molar-refractivity contribution in [3.8, 4) is 0 Å². The quantitative estimate of drug-likeness (QED) is 0.320. The summed E-state index contributed by atoms with van der Waals surface area (Å²) in [5, 5.41) is 11.5.